The highest BCUT2D eigenvalue weighted by molar-refractivity contribution is 6.29. The summed E-state index contributed by atoms with van der Waals surface area (Å²) in [6, 6.07) is 0. The van der Waals surface area contributed by atoms with Gasteiger partial charge in [-0.2, -0.15) is 0 Å². The highest BCUT2D eigenvalue weighted by atomic mass is 35.5. The molecule has 0 bridgehead atoms. The predicted molar refractivity (Wildman–Crippen MR) is 62.1 cm³/mol. The summed E-state index contributed by atoms with van der Waals surface area (Å²) < 4.78 is 0. The molecule has 0 spiro atoms. The largest absolute Gasteiger partial charge is 0.396 e. The van der Waals surface area contributed by atoms with E-state index in [-0.39, 0.29) is 0 Å². The minimum atomic E-state index is 0.305. The zero-order valence-electron chi connectivity index (χ0n) is 9.14. The molecule has 0 unspecified atom stereocenters. The van der Waals surface area contributed by atoms with Crippen LogP contribution >= 0.6 is 11.6 Å². The lowest BCUT2D eigenvalue weighted by molar-refractivity contribution is 0.126. The van der Waals surface area contributed by atoms with Crippen LogP contribution in [0.4, 0.5) is 0 Å². The van der Waals surface area contributed by atoms with Crippen LogP contribution in [-0.4, -0.2) is 39.7 Å². The standard InChI is InChI=1S/C11H16ClN3O/c12-11-10(13-3-4-14-11)7-15-5-1-9(8-16)2-6-15/h3-4,9,16H,1-2,5-8H2. The Morgan fingerprint density at radius 2 is 2.00 bits per heavy atom. The van der Waals surface area contributed by atoms with E-state index in [1.165, 1.54) is 0 Å². The Kier molecular flexibility index (Phi) is 4.09. The van der Waals surface area contributed by atoms with Gasteiger partial charge in [0.05, 0.1) is 5.69 Å². The van der Waals surface area contributed by atoms with Crippen LogP contribution in [-0.2, 0) is 6.54 Å². The molecule has 0 atom stereocenters. The van der Waals surface area contributed by atoms with Crippen molar-refractivity contribution in [3.8, 4) is 0 Å². The molecule has 1 aromatic rings. The van der Waals surface area contributed by atoms with Crippen LogP contribution in [0.25, 0.3) is 0 Å². The molecule has 0 aliphatic carbocycles. The number of halogens is 1. The van der Waals surface area contributed by atoms with Crippen LogP contribution in [0.3, 0.4) is 0 Å². The summed E-state index contributed by atoms with van der Waals surface area (Å²) in [6.45, 7) is 3.06. The molecule has 0 saturated carbocycles. The van der Waals surface area contributed by atoms with Gasteiger partial charge in [-0.3, -0.25) is 9.88 Å². The third kappa shape index (κ3) is 2.90. The van der Waals surface area contributed by atoms with Gasteiger partial charge in [-0.05, 0) is 31.8 Å². The fraction of sp³-hybridized carbons (Fsp3) is 0.636. The first-order valence-corrected chi connectivity index (χ1v) is 5.96. The van der Waals surface area contributed by atoms with Gasteiger partial charge < -0.3 is 5.11 Å². The number of aliphatic hydroxyl groups excluding tert-OH is 1. The summed E-state index contributed by atoms with van der Waals surface area (Å²) in [4.78, 5) is 10.5. The third-order valence-corrected chi connectivity index (χ3v) is 3.38. The number of likely N-dealkylation sites (tertiary alicyclic amines) is 1. The number of nitrogens with zero attached hydrogens (tertiary/aromatic N) is 3. The fourth-order valence-electron chi connectivity index (χ4n) is 1.99. The normalized spacial score (nSPS) is 18.9. The lowest BCUT2D eigenvalue weighted by Crippen LogP contribution is -2.34. The van der Waals surface area contributed by atoms with Crippen LogP contribution < -0.4 is 0 Å². The van der Waals surface area contributed by atoms with E-state index in [9.17, 15) is 0 Å². The Balaban J connectivity index is 1.89. The highest BCUT2D eigenvalue weighted by Gasteiger charge is 2.19. The first-order chi connectivity index (χ1) is 7.79. The molecule has 0 aromatic carbocycles. The van der Waals surface area contributed by atoms with Crippen molar-refractivity contribution in [1.29, 1.82) is 0 Å². The van der Waals surface area contributed by atoms with Crippen LogP contribution in [0.1, 0.15) is 18.5 Å². The van der Waals surface area contributed by atoms with Crippen molar-refractivity contribution >= 4 is 11.6 Å². The summed E-state index contributed by atoms with van der Waals surface area (Å²) in [5, 5.41) is 9.54. The molecule has 1 aromatic heterocycles. The van der Waals surface area contributed by atoms with E-state index >= 15 is 0 Å². The van der Waals surface area contributed by atoms with E-state index in [4.69, 9.17) is 16.7 Å². The van der Waals surface area contributed by atoms with E-state index in [0.717, 1.165) is 38.2 Å². The van der Waals surface area contributed by atoms with Crippen LogP contribution in [0.5, 0.6) is 0 Å². The maximum absolute atomic E-state index is 9.05. The van der Waals surface area contributed by atoms with E-state index < -0.39 is 0 Å². The average molecular weight is 242 g/mol. The Labute approximate surface area is 100 Å². The smallest absolute Gasteiger partial charge is 0.151 e. The molecular weight excluding hydrogens is 226 g/mol. The Bertz CT molecular complexity index is 340. The molecule has 16 heavy (non-hydrogen) atoms. The van der Waals surface area contributed by atoms with Crippen molar-refractivity contribution < 1.29 is 5.11 Å². The number of rotatable bonds is 3. The van der Waals surface area contributed by atoms with Gasteiger partial charge in [0, 0.05) is 25.5 Å². The van der Waals surface area contributed by atoms with E-state index in [2.05, 4.69) is 14.9 Å². The topological polar surface area (TPSA) is 49.2 Å². The molecule has 2 rings (SSSR count). The van der Waals surface area contributed by atoms with Gasteiger partial charge in [0.15, 0.2) is 5.15 Å². The van der Waals surface area contributed by atoms with Crippen molar-refractivity contribution in [2.75, 3.05) is 19.7 Å². The van der Waals surface area contributed by atoms with Gasteiger partial charge in [-0.1, -0.05) is 11.6 Å². The van der Waals surface area contributed by atoms with Gasteiger partial charge in [-0.15, -0.1) is 0 Å². The Morgan fingerprint density at radius 3 is 2.62 bits per heavy atom. The molecule has 1 saturated heterocycles. The minimum absolute atomic E-state index is 0.305. The number of aromatic nitrogens is 2. The Hall–Kier alpha value is -0.710. The molecule has 2 heterocycles. The van der Waals surface area contributed by atoms with E-state index in [1.54, 1.807) is 12.4 Å². The summed E-state index contributed by atoms with van der Waals surface area (Å²) in [7, 11) is 0. The third-order valence-electron chi connectivity index (χ3n) is 3.06. The average Bonchev–Trinajstić information content (AvgIpc) is 2.33. The summed E-state index contributed by atoms with van der Waals surface area (Å²) in [6.07, 6.45) is 5.37. The maximum Gasteiger partial charge on any atom is 0.151 e. The first-order valence-electron chi connectivity index (χ1n) is 5.58. The first kappa shape index (κ1) is 11.8. The molecule has 4 nitrogen and oxygen atoms in total. The minimum Gasteiger partial charge on any atom is -0.396 e. The molecule has 0 amide bonds. The van der Waals surface area contributed by atoms with Crippen molar-refractivity contribution in [3.05, 3.63) is 23.2 Å². The lowest BCUT2D eigenvalue weighted by atomic mass is 9.98. The van der Waals surface area contributed by atoms with E-state index in [0.29, 0.717) is 17.7 Å². The van der Waals surface area contributed by atoms with Crippen LogP contribution in [0, 0.1) is 5.92 Å². The zero-order valence-corrected chi connectivity index (χ0v) is 9.90. The molecular formula is C11H16ClN3O. The monoisotopic (exact) mass is 241 g/mol. The molecule has 1 N–H and O–H groups in total. The predicted octanol–water partition coefficient (Wildman–Crippen LogP) is 1.33. The van der Waals surface area contributed by atoms with Crippen LogP contribution in [0.15, 0.2) is 12.4 Å². The second-order valence-corrected chi connectivity index (χ2v) is 4.55. The molecule has 1 aliphatic rings. The summed E-state index contributed by atoms with van der Waals surface area (Å²) >= 11 is 5.96. The van der Waals surface area contributed by atoms with Gasteiger partial charge in [0.2, 0.25) is 0 Å². The van der Waals surface area contributed by atoms with Gasteiger partial charge in [-0.25, -0.2) is 4.98 Å². The quantitative estimate of drug-likeness (QED) is 0.868. The molecule has 5 heteroatoms. The number of hydrogen-bond acceptors (Lipinski definition) is 4. The highest BCUT2D eigenvalue weighted by Crippen LogP contribution is 2.19. The SMILES string of the molecule is OCC1CCN(Cc2nccnc2Cl)CC1. The summed E-state index contributed by atoms with van der Waals surface area (Å²) in [5.41, 5.74) is 0.839. The Morgan fingerprint density at radius 1 is 1.31 bits per heavy atom. The number of hydrogen-bond donors (Lipinski definition) is 1. The summed E-state index contributed by atoms with van der Waals surface area (Å²) in [5.74, 6) is 0.466. The molecule has 0 radical (unpaired) electrons. The van der Waals surface area contributed by atoms with E-state index in [1.807, 2.05) is 0 Å². The number of piperidine rings is 1. The van der Waals surface area contributed by atoms with Gasteiger partial charge >= 0.3 is 0 Å². The molecule has 1 aliphatic heterocycles. The van der Waals surface area contributed by atoms with Gasteiger partial charge in [0.25, 0.3) is 0 Å². The van der Waals surface area contributed by atoms with Crippen LogP contribution in [0.2, 0.25) is 5.15 Å². The molecule has 88 valence electrons. The van der Waals surface area contributed by atoms with Crippen molar-refractivity contribution in [2.24, 2.45) is 5.92 Å². The molecule has 1 fully saturated rings. The van der Waals surface area contributed by atoms with Crippen molar-refractivity contribution in [3.63, 3.8) is 0 Å². The number of aliphatic hydroxyl groups is 1. The van der Waals surface area contributed by atoms with Crippen molar-refractivity contribution in [2.45, 2.75) is 19.4 Å². The fourth-order valence-corrected chi connectivity index (χ4v) is 2.16. The second kappa shape index (κ2) is 5.57. The zero-order chi connectivity index (χ0) is 11.4. The van der Waals surface area contributed by atoms with Gasteiger partial charge in [0.1, 0.15) is 0 Å². The van der Waals surface area contributed by atoms with Crippen molar-refractivity contribution in [1.82, 2.24) is 14.9 Å². The second-order valence-electron chi connectivity index (χ2n) is 4.20. The lowest BCUT2D eigenvalue weighted by Gasteiger charge is -2.30. The maximum atomic E-state index is 9.05.